The highest BCUT2D eigenvalue weighted by atomic mass is 17.3. The molecule has 4 aliphatic heterocycles. The standard InChI is InChI=1S/C24H40N2O7/c1-15-11-12-18-16(2)21(25-19(27)9-7-5-4-6-8-10-20(28)26-29)30-22-24(18)17(15)13-14-23(3,31-22)32-33-24/h15-18,21-22,29H,4-14H2,1-3H3,(H,25,27)(H,26,28)/t15-,16-,17+,18+,21+,22-,23-,24-/m1/s1. The molecule has 4 heterocycles. The van der Waals surface area contributed by atoms with Crippen LogP contribution in [-0.2, 0) is 28.8 Å². The van der Waals surface area contributed by atoms with Crippen LogP contribution in [0.3, 0.4) is 0 Å². The van der Waals surface area contributed by atoms with Gasteiger partial charge in [-0.05, 0) is 50.9 Å². The molecule has 0 aromatic heterocycles. The Labute approximate surface area is 196 Å². The molecule has 1 aliphatic carbocycles. The normalized spacial score (nSPS) is 41.7. The van der Waals surface area contributed by atoms with E-state index in [4.69, 9.17) is 24.5 Å². The van der Waals surface area contributed by atoms with Crippen LogP contribution >= 0.6 is 0 Å². The topological polar surface area (TPSA) is 115 Å². The molecule has 5 rings (SSSR count). The molecule has 33 heavy (non-hydrogen) atoms. The first kappa shape index (κ1) is 24.9. The Morgan fingerprint density at radius 2 is 1.64 bits per heavy atom. The zero-order valence-electron chi connectivity index (χ0n) is 20.1. The predicted molar refractivity (Wildman–Crippen MR) is 117 cm³/mol. The van der Waals surface area contributed by atoms with Crippen molar-refractivity contribution < 1.29 is 34.0 Å². The Bertz CT molecular complexity index is 721. The van der Waals surface area contributed by atoms with E-state index in [1.807, 2.05) is 6.92 Å². The van der Waals surface area contributed by atoms with Gasteiger partial charge in [0.2, 0.25) is 17.6 Å². The number of carbonyl (C=O) groups is 2. The van der Waals surface area contributed by atoms with Crippen LogP contribution in [0.5, 0.6) is 0 Å². The van der Waals surface area contributed by atoms with Crippen molar-refractivity contribution in [3.05, 3.63) is 0 Å². The van der Waals surface area contributed by atoms with Crippen LogP contribution in [0.15, 0.2) is 0 Å². The molecule has 0 aromatic carbocycles. The average molecular weight is 469 g/mol. The molecule has 1 saturated carbocycles. The minimum Gasteiger partial charge on any atom is -0.330 e. The molecule has 0 radical (unpaired) electrons. The molecular weight excluding hydrogens is 428 g/mol. The zero-order valence-corrected chi connectivity index (χ0v) is 20.1. The van der Waals surface area contributed by atoms with Crippen molar-refractivity contribution in [1.29, 1.82) is 0 Å². The smallest absolute Gasteiger partial charge is 0.243 e. The van der Waals surface area contributed by atoms with Gasteiger partial charge in [0.1, 0.15) is 6.23 Å². The van der Waals surface area contributed by atoms with Crippen molar-refractivity contribution in [1.82, 2.24) is 10.8 Å². The van der Waals surface area contributed by atoms with Crippen molar-refractivity contribution in [2.75, 3.05) is 0 Å². The highest BCUT2D eigenvalue weighted by Gasteiger charge is 2.69. The van der Waals surface area contributed by atoms with E-state index in [9.17, 15) is 9.59 Å². The number of hydrogen-bond acceptors (Lipinski definition) is 7. The number of unbranched alkanes of at least 4 members (excludes halogenated alkanes) is 4. The Morgan fingerprint density at radius 3 is 2.36 bits per heavy atom. The molecule has 5 aliphatic rings. The summed E-state index contributed by atoms with van der Waals surface area (Å²) in [6.07, 6.45) is 8.03. The van der Waals surface area contributed by atoms with Crippen LogP contribution in [0.4, 0.5) is 0 Å². The second-order valence-electron chi connectivity index (χ2n) is 10.7. The fourth-order valence-corrected chi connectivity index (χ4v) is 6.46. The minimum atomic E-state index is -0.815. The van der Waals surface area contributed by atoms with E-state index in [0.717, 1.165) is 57.8 Å². The van der Waals surface area contributed by atoms with E-state index in [0.29, 0.717) is 24.7 Å². The highest BCUT2D eigenvalue weighted by Crippen LogP contribution is 2.60. The summed E-state index contributed by atoms with van der Waals surface area (Å²) >= 11 is 0. The van der Waals surface area contributed by atoms with Gasteiger partial charge in [-0.2, -0.15) is 0 Å². The zero-order chi connectivity index (χ0) is 23.6. The summed E-state index contributed by atoms with van der Waals surface area (Å²) in [6, 6.07) is 0. The maximum Gasteiger partial charge on any atom is 0.243 e. The Balaban J connectivity index is 1.30. The van der Waals surface area contributed by atoms with Crippen molar-refractivity contribution >= 4 is 11.8 Å². The molecule has 188 valence electrons. The van der Waals surface area contributed by atoms with Gasteiger partial charge in [-0.1, -0.05) is 33.1 Å². The molecule has 0 aromatic rings. The Hall–Kier alpha value is -1.26. The van der Waals surface area contributed by atoms with Gasteiger partial charge in [0, 0.05) is 31.1 Å². The lowest BCUT2D eigenvalue weighted by atomic mass is 9.58. The van der Waals surface area contributed by atoms with Gasteiger partial charge in [0.25, 0.3) is 0 Å². The summed E-state index contributed by atoms with van der Waals surface area (Å²) in [5, 5.41) is 11.6. The van der Waals surface area contributed by atoms with Gasteiger partial charge in [0.15, 0.2) is 11.9 Å². The summed E-state index contributed by atoms with van der Waals surface area (Å²) in [7, 11) is 0. The summed E-state index contributed by atoms with van der Waals surface area (Å²) in [4.78, 5) is 35.7. The van der Waals surface area contributed by atoms with Gasteiger partial charge in [-0.3, -0.25) is 14.8 Å². The van der Waals surface area contributed by atoms with Crippen molar-refractivity contribution in [3.8, 4) is 0 Å². The third-order valence-corrected chi connectivity index (χ3v) is 8.39. The van der Waals surface area contributed by atoms with Crippen molar-refractivity contribution in [3.63, 3.8) is 0 Å². The molecule has 3 N–H and O–H groups in total. The molecule has 4 saturated heterocycles. The molecule has 2 amide bonds. The third-order valence-electron chi connectivity index (χ3n) is 8.39. The number of hydroxylamine groups is 1. The van der Waals surface area contributed by atoms with Crippen LogP contribution in [0, 0.1) is 23.7 Å². The number of ether oxygens (including phenoxy) is 2. The van der Waals surface area contributed by atoms with Gasteiger partial charge in [-0.15, -0.1) is 0 Å². The summed E-state index contributed by atoms with van der Waals surface area (Å²) in [5.74, 6) is -0.0675. The first-order chi connectivity index (χ1) is 15.8. The van der Waals surface area contributed by atoms with Crippen LogP contribution in [0.2, 0.25) is 0 Å². The van der Waals surface area contributed by atoms with E-state index in [1.54, 1.807) is 5.48 Å². The van der Waals surface area contributed by atoms with Crippen LogP contribution in [0.1, 0.15) is 91.4 Å². The molecular formula is C24H40N2O7. The maximum atomic E-state index is 12.7. The molecule has 8 atom stereocenters. The van der Waals surface area contributed by atoms with Crippen molar-refractivity contribution in [2.45, 2.75) is 115 Å². The van der Waals surface area contributed by atoms with E-state index < -0.39 is 23.9 Å². The number of amides is 2. The second-order valence-corrected chi connectivity index (χ2v) is 10.7. The summed E-state index contributed by atoms with van der Waals surface area (Å²) in [6.45, 7) is 6.33. The summed E-state index contributed by atoms with van der Waals surface area (Å²) in [5.41, 5.74) is 1.03. The first-order valence-corrected chi connectivity index (χ1v) is 12.7. The molecule has 9 nitrogen and oxygen atoms in total. The lowest BCUT2D eigenvalue weighted by Crippen LogP contribution is -2.71. The number of carbonyl (C=O) groups excluding carboxylic acids is 2. The predicted octanol–water partition coefficient (Wildman–Crippen LogP) is 3.55. The fourth-order valence-electron chi connectivity index (χ4n) is 6.46. The molecule has 0 unspecified atom stereocenters. The fraction of sp³-hybridized carbons (Fsp3) is 0.917. The van der Waals surface area contributed by atoms with Gasteiger partial charge < -0.3 is 14.8 Å². The van der Waals surface area contributed by atoms with Gasteiger partial charge in [0.05, 0.1) is 0 Å². The number of nitrogens with one attached hydrogen (secondary N) is 2. The van der Waals surface area contributed by atoms with E-state index in [1.165, 1.54) is 0 Å². The molecule has 9 heteroatoms. The molecule has 5 fully saturated rings. The molecule has 1 spiro atoms. The minimum absolute atomic E-state index is 0.00894. The summed E-state index contributed by atoms with van der Waals surface area (Å²) < 4.78 is 12.7. The Kier molecular flexibility index (Phi) is 7.65. The van der Waals surface area contributed by atoms with Gasteiger partial charge in [-0.25, -0.2) is 15.3 Å². The van der Waals surface area contributed by atoms with Crippen LogP contribution < -0.4 is 10.8 Å². The lowest BCUT2D eigenvalue weighted by Gasteiger charge is -2.60. The second kappa shape index (κ2) is 10.2. The van der Waals surface area contributed by atoms with E-state index in [2.05, 4.69) is 19.2 Å². The van der Waals surface area contributed by atoms with Crippen LogP contribution in [0.25, 0.3) is 0 Å². The quantitative estimate of drug-likeness (QED) is 0.205. The van der Waals surface area contributed by atoms with E-state index >= 15 is 0 Å². The van der Waals surface area contributed by atoms with Gasteiger partial charge >= 0.3 is 0 Å². The number of fused-ring (bicyclic) bond motifs is 2. The van der Waals surface area contributed by atoms with E-state index in [-0.39, 0.29) is 23.7 Å². The number of rotatable bonds is 9. The van der Waals surface area contributed by atoms with Crippen molar-refractivity contribution in [2.24, 2.45) is 23.7 Å². The largest absolute Gasteiger partial charge is 0.330 e. The maximum absolute atomic E-state index is 12.7. The SMILES string of the molecule is C[C@H]1[C@@H](NC(=O)CCCCCCCC(=O)NO)O[C@@H]2O[C@@]3(C)CC[C@H]4[C@H](C)CC[C@@H]1[C@@]24OO3. The Morgan fingerprint density at radius 1 is 0.939 bits per heavy atom. The van der Waals surface area contributed by atoms with Crippen LogP contribution in [-0.4, -0.2) is 40.9 Å². The average Bonchev–Trinajstić information content (AvgIpc) is 3.02. The lowest BCUT2D eigenvalue weighted by molar-refractivity contribution is -0.571. The first-order valence-electron chi connectivity index (χ1n) is 12.7. The monoisotopic (exact) mass is 468 g/mol. The third kappa shape index (κ3) is 4.93. The highest BCUT2D eigenvalue weighted by molar-refractivity contribution is 5.76. The number of hydrogen-bond donors (Lipinski definition) is 3. The molecule has 2 bridgehead atoms.